The minimum atomic E-state index is -0.662. The number of hydrogen-bond acceptors (Lipinski definition) is 3. The molecule has 19 heavy (non-hydrogen) atoms. The Labute approximate surface area is 116 Å². The Morgan fingerprint density at radius 2 is 2.16 bits per heavy atom. The van der Waals surface area contributed by atoms with Crippen LogP contribution in [0.1, 0.15) is 33.6 Å². The van der Waals surface area contributed by atoms with Crippen molar-refractivity contribution < 1.29 is 14.6 Å². The number of hydrogen-bond donors (Lipinski definition) is 1. The van der Waals surface area contributed by atoms with Crippen molar-refractivity contribution in [3.8, 4) is 0 Å². The SMILES string of the molecule is C=C1[C@H]2[C@H]3[C@H](OC)OC[C@H]3[C@]1(C)CC[C@@H]2C(C)(C)O. The highest BCUT2D eigenvalue weighted by molar-refractivity contribution is 5.29. The maximum atomic E-state index is 10.5. The molecule has 3 aliphatic rings. The van der Waals surface area contributed by atoms with E-state index in [1.165, 1.54) is 5.57 Å². The Morgan fingerprint density at radius 1 is 1.47 bits per heavy atom. The van der Waals surface area contributed by atoms with Crippen molar-refractivity contribution in [1.82, 2.24) is 0 Å². The number of rotatable bonds is 2. The second kappa shape index (κ2) is 4.06. The van der Waals surface area contributed by atoms with Gasteiger partial charge in [0.05, 0.1) is 12.2 Å². The van der Waals surface area contributed by atoms with Crippen LogP contribution in [0.25, 0.3) is 0 Å². The number of allylic oxidation sites excluding steroid dienone is 1. The molecule has 3 nitrogen and oxygen atoms in total. The molecule has 0 unspecified atom stereocenters. The summed E-state index contributed by atoms with van der Waals surface area (Å²) in [5.74, 6) is 1.46. The molecule has 0 aromatic heterocycles. The predicted molar refractivity (Wildman–Crippen MR) is 73.5 cm³/mol. The van der Waals surface area contributed by atoms with Gasteiger partial charge in [0.15, 0.2) is 6.29 Å². The molecule has 2 saturated carbocycles. The van der Waals surface area contributed by atoms with E-state index in [0.717, 1.165) is 19.4 Å². The summed E-state index contributed by atoms with van der Waals surface area (Å²) < 4.78 is 11.4. The lowest BCUT2D eigenvalue weighted by Crippen LogP contribution is -2.43. The second-order valence-electron chi connectivity index (χ2n) is 7.39. The highest BCUT2D eigenvalue weighted by Gasteiger charge is 2.64. The second-order valence-corrected chi connectivity index (χ2v) is 7.39. The van der Waals surface area contributed by atoms with Crippen LogP contribution in [-0.4, -0.2) is 30.7 Å². The van der Waals surface area contributed by atoms with E-state index in [2.05, 4.69) is 13.5 Å². The van der Waals surface area contributed by atoms with Crippen molar-refractivity contribution in [1.29, 1.82) is 0 Å². The summed E-state index contributed by atoms with van der Waals surface area (Å²) in [6, 6.07) is 0. The van der Waals surface area contributed by atoms with Crippen molar-refractivity contribution in [2.45, 2.75) is 45.5 Å². The maximum Gasteiger partial charge on any atom is 0.160 e. The van der Waals surface area contributed by atoms with E-state index in [1.807, 2.05) is 13.8 Å². The van der Waals surface area contributed by atoms with E-state index in [4.69, 9.17) is 9.47 Å². The molecule has 2 aliphatic carbocycles. The molecule has 0 spiro atoms. The fourth-order valence-electron chi connectivity index (χ4n) is 5.00. The third-order valence-electron chi connectivity index (χ3n) is 6.14. The van der Waals surface area contributed by atoms with E-state index in [-0.39, 0.29) is 17.6 Å². The maximum absolute atomic E-state index is 10.5. The average molecular weight is 266 g/mol. The molecule has 6 atom stereocenters. The Bertz CT molecular complexity index is 397. The van der Waals surface area contributed by atoms with Gasteiger partial charge in [-0.15, -0.1) is 0 Å². The summed E-state index contributed by atoms with van der Waals surface area (Å²) in [4.78, 5) is 0. The molecule has 1 N–H and O–H groups in total. The molecule has 108 valence electrons. The number of aliphatic hydroxyl groups is 1. The topological polar surface area (TPSA) is 38.7 Å². The van der Waals surface area contributed by atoms with Crippen LogP contribution in [0.2, 0.25) is 0 Å². The third kappa shape index (κ3) is 1.68. The van der Waals surface area contributed by atoms with Crippen LogP contribution in [0.15, 0.2) is 12.2 Å². The molecule has 1 saturated heterocycles. The van der Waals surface area contributed by atoms with Crippen molar-refractivity contribution in [2.24, 2.45) is 29.1 Å². The van der Waals surface area contributed by atoms with Crippen molar-refractivity contribution in [2.75, 3.05) is 13.7 Å². The van der Waals surface area contributed by atoms with Gasteiger partial charge in [0.1, 0.15) is 0 Å². The highest BCUT2D eigenvalue weighted by Crippen LogP contribution is 2.66. The van der Waals surface area contributed by atoms with E-state index in [9.17, 15) is 5.11 Å². The van der Waals surface area contributed by atoms with Crippen LogP contribution >= 0.6 is 0 Å². The molecule has 0 aromatic carbocycles. The number of methoxy groups -OCH3 is 1. The molecule has 3 fully saturated rings. The lowest BCUT2D eigenvalue weighted by atomic mass is 9.63. The Balaban J connectivity index is 2.02. The predicted octanol–water partition coefficient (Wildman–Crippen LogP) is 2.59. The third-order valence-corrected chi connectivity index (χ3v) is 6.14. The smallest absolute Gasteiger partial charge is 0.160 e. The van der Waals surface area contributed by atoms with Gasteiger partial charge in [0.25, 0.3) is 0 Å². The summed E-state index contributed by atoms with van der Waals surface area (Å²) in [5, 5.41) is 10.5. The van der Waals surface area contributed by atoms with Crippen LogP contribution in [0, 0.1) is 29.1 Å². The fraction of sp³-hybridized carbons (Fsp3) is 0.875. The van der Waals surface area contributed by atoms with Gasteiger partial charge in [-0.2, -0.15) is 0 Å². The first kappa shape index (κ1) is 13.6. The standard InChI is InChI=1S/C16H26O3/c1-9-12-10(15(2,3)17)6-7-16(9,4)11-8-19-14(18-5)13(11)12/h10-14,17H,1,6-8H2,2-5H3/t10-,11+,12+,13-,14+,16+/m0/s1. The van der Waals surface area contributed by atoms with E-state index in [0.29, 0.717) is 17.8 Å². The molecule has 0 radical (unpaired) electrons. The van der Waals surface area contributed by atoms with Gasteiger partial charge in [-0.25, -0.2) is 0 Å². The molecular formula is C16H26O3. The number of fused-ring (bicyclic) bond motifs is 5. The van der Waals surface area contributed by atoms with Crippen LogP contribution < -0.4 is 0 Å². The summed E-state index contributed by atoms with van der Waals surface area (Å²) in [6.45, 7) is 11.4. The zero-order valence-electron chi connectivity index (χ0n) is 12.5. The Hall–Kier alpha value is -0.380. The minimum Gasteiger partial charge on any atom is -0.390 e. The lowest BCUT2D eigenvalue weighted by Gasteiger charge is -2.44. The molecule has 1 heterocycles. The number of ether oxygens (including phenoxy) is 2. The van der Waals surface area contributed by atoms with Crippen molar-refractivity contribution in [3.63, 3.8) is 0 Å². The zero-order chi connectivity index (χ0) is 14.0. The first-order valence-corrected chi connectivity index (χ1v) is 7.36. The van der Waals surface area contributed by atoms with E-state index < -0.39 is 5.60 Å². The van der Waals surface area contributed by atoms with Gasteiger partial charge in [-0.3, -0.25) is 0 Å². The Morgan fingerprint density at radius 3 is 2.74 bits per heavy atom. The largest absolute Gasteiger partial charge is 0.390 e. The lowest BCUT2D eigenvalue weighted by molar-refractivity contribution is -0.129. The minimum absolute atomic E-state index is 0.128. The molecule has 0 aromatic rings. The molecular weight excluding hydrogens is 240 g/mol. The van der Waals surface area contributed by atoms with E-state index in [1.54, 1.807) is 7.11 Å². The van der Waals surface area contributed by atoms with Gasteiger partial charge in [0, 0.05) is 13.0 Å². The summed E-state index contributed by atoms with van der Waals surface area (Å²) in [5.41, 5.74) is 0.834. The first-order valence-electron chi connectivity index (χ1n) is 7.36. The molecule has 0 amide bonds. The van der Waals surface area contributed by atoms with Gasteiger partial charge < -0.3 is 14.6 Å². The monoisotopic (exact) mass is 266 g/mol. The highest BCUT2D eigenvalue weighted by atomic mass is 16.7. The van der Waals surface area contributed by atoms with Crippen LogP contribution in [0.5, 0.6) is 0 Å². The van der Waals surface area contributed by atoms with Gasteiger partial charge >= 0.3 is 0 Å². The Kier molecular flexibility index (Phi) is 2.91. The van der Waals surface area contributed by atoms with E-state index >= 15 is 0 Å². The molecule has 3 heteroatoms. The van der Waals surface area contributed by atoms with Crippen molar-refractivity contribution >= 4 is 0 Å². The van der Waals surface area contributed by atoms with Crippen LogP contribution in [0.4, 0.5) is 0 Å². The average Bonchev–Trinajstić information content (AvgIpc) is 2.78. The summed E-state index contributed by atoms with van der Waals surface area (Å²) in [7, 11) is 1.72. The van der Waals surface area contributed by atoms with Crippen LogP contribution in [-0.2, 0) is 9.47 Å². The van der Waals surface area contributed by atoms with Gasteiger partial charge in [-0.1, -0.05) is 19.1 Å². The normalized spacial score (nSPS) is 49.5. The molecule has 3 rings (SSSR count). The van der Waals surface area contributed by atoms with Crippen molar-refractivity contribution in [3.05, 3.63) is 12.2 Å². The van der Waals surface area contributed by atoms with Gasteiger partial charge in [0.2, 0.25) is 0 Å². The summed E-state index contributed by atoms with van der Waals surface area (Å²) >= 11 is 0. The molecule has 1 aliphatic heterocycles. The fourth-order valence-corrected chi connectivity index (χ4v) is 5.00. The van der Waals surface area contributed by atoms with Gasteiger partial charge in [-0.05, 0) is 49.9 Å². The molecule has 2 bridgehead atoms. The zero-order valence-corrected chi connectivity index (χ0v) is 12.5. The van der Waals surface area contributed by atoms with Crippen LogP contribution in [0.3, 0.4) is 0 Å². The first-order chi connectivity index (χ1) is 8.80. The quantitative estimate of drug-likeness (QED) is 0.781. The summed E-state index contributed by atoms with van der Waals surface area (Å²) in [6.07, 6.45) is 2.06.